The number of nitrogens with one attached hydrogen (secondary N) is 2. The van der Waals surface area contributed by atoms with Crippen molar-refractivity contribution in [1.29, 1.82) is 0 Å². The molecular weight excluding hydrogens is 366 g/mol. The zero-order chi connectivity index (χ0) is 20.9. The number of carbonyl (C=O) groups is 2. The minimum Gasteiger partial charge on any atom is -0.444 e. The fourth-order valence-electron chi connectivity index (χ4n) is 2.88. The zero-order valence-electron chi connectivity index (χ0n) is 16.7. The number of amides is 2. The van der Waals surface area contributed by atoms with Crippen LogP contribution in [0.4, 0.5) is 10.5 Å². The van der Waals surface area contributed by atoms with E-state index in [1.54, 1.807) is 45.3 Å². The lowest BCUT2D eigenvalue weighted by atomic mass is 9.98. The fourth-order valence-corrected chi connectivity index (χ4v) is 2.88. The molecule has 0 saturated heterocycles. The van der Waals surface area contributed by atoms with Crippen LogP contribution in [0.5, 0.6) is 0 Å². The van der Waals surface area contributed by atoms with Gasteiger partial charge in [0, 0.05) is 30.0 Å². The second-order valence-electron chi connectivity index (χ2n) is 7.70. The van der Waals surface area contributed by atoms with E-state index in [1.807, 2.05) is 36.4 Å². The first-order valence-electron chi connectivity index (χ1n) is 9.39. The summed E-state index contributed by atoms with van der Waals surface area (Å²) in [7, 11) is 0. The first-order valence-corrected chi connectivity index (χ1v) is 9.39. The molecule has 0 spiro atoms. The third kappa shape index (κ3) is 5.78. The van der Waals surface area contributed by atoms with Crippen LogP contribution in [0.3, 0.4) is 0 Å². The fraction of sp³-hybridized carbons (Fsp3) is 0.261. The number of hydrogen-bond donors (Lipinski definition) is 2. The summed E-state index contributed by atoms with van der Waals surface area (Å²) in [5.41, 5.74) is 0.851. The second kappa shape index (κ2) is 8.73. The number of anilines is 1. The van der Waals surface area contributed by atoms with Crippen LogP contribution in [0.1, 0.15) is 32.3 Å². The van der Waals surface area contributed by atoms with Gasteiger partial charge in [-0.1, -0.05) is 30.3 Å². The number of nitrogens with zero attached hydrogens (tertiary/aromatic N) is 1. The van der Waals surface area contributed by atoms with E-state index < -0.39 is 17.6 Å². The third-order valence-electron chi connectivity index (χ3n) is 4.22. The van der Waals surface area contributed by atoms with Gasteiger partial charge in [-0.25, -0.2) is 4.79 Å². The van der Waals surface area contributed by atoms with Gasteiger partial charge in [-0.15, -0.1) is 0 Å². The van der Waals surface area contributed by atoms with Gasteiger partial charge < -0.3 is 15.4 Å². The molecule has 0 fully saturated rings. The first-order chi connectivity index (χ1) is 13.8. The summed E-state index contributed by atoms with van der Waals surface area (Å²) in [6.07, 6.45) is 2.92. The van der Waals surface area contributed by atoms with Crippen LogP contribution in [-0.2, 0) is 9.53 Å². The second-order valence-corrected chi connectivity index (χ2v) is 7.70. The van der Waals surface area contributed by atoms with E-state index in [1.165, 1.54) is 0 Å². The highest BCUT2D eigenvalue weighted by atomic mass is 16.6. The van der Waals surface area contributed by atoms with Gasteiger partial charge in [0.15, 0.2) is 0 Å². The minimum atomic E-state index is -0.608. The normalized spacial score (nSPS) is 12.2. The Balaban J connectivity index is 1.75. The monoisotopic (exact) mass is 390 g/mol. The number of aromatic nitrogens is 1. The number of rotatable bonds is 5. The lowest BCUT2D eigenvalue weighted by Crippen LogP contribution is -2.37. The molecule has 29 heavy (non-hydrogen) atoms. The van der Waals surface area contributed by atoms with Gasteiger partial charge in [0.2, 0.25) is 5.91 Å². The molecule has 3 rings (SSSR count). The smallest absolute Gasteiger partial charge is 0.407 e. The van der Waals surface area contributed by atoms with Crippen molar-refractivity contribution in [3.05, 3.63) is 72.6 Å². The molecule has 0 saturated carbocycles. The number of ether oxygens (including phenoxy) is 1. The number of benzene rings is 2. The molecule has 0 aliphatic carbocycles. The largest absolute Gasteiger partial charge is 0.444 e. The number of hydrogen-bond acceptors (Lipinski definition) is 4. The molecule has 6 heteroatoms. The van der Waals surface area contributed by atoms with Gasteiger partial charge in [0.05, 0.1) is 5.92 Å². The summed E-state index contributed by atoms with van der Waals surface area (Å²) in [6, 6.07) is 17.6. The quantitative estimate of drug-likeness (QED) is 0.681. The van der Waals surface area contributed by atoms with Gasteiger partial charge in [-0.05, 0) is 56.0 Å². The SMILES string of the molecule is CC(C)(C)OC(=O)NC[C@@H](C(=O)Nc1ccc2cnccc2c1)c1cc[c]cc1. The molecule has 149 valence electrons. The van der Waals surface area contributed by atoms with Crippen molar-refractivity contribution in [2.24, 2.45) is 0 Å². The Morgan fingerprint density at radius 3 is 2.59 bits per heavy atom. The number of carbonyl (C=O) groups excluding carboxylic acids is 2. The molecule has 0 aliphatic heterocycles. The third-order valence-corrected chi connectivity index (χ3v) is 4.22. The minimum absolute atomic E-state index is 0.113. The Kier molecular flexibility index (Phi) is 6.12. The van der Waals surface area contributed by atoms with Gasteiger partial charge in [-0.3, -0.25) is 9.78 Å². The van der Waals surface area contributed by atoms with Gasteiger partial charge >= 0.3 is 6.09 Å². The lowest BCUT2D eigenvalue weighted by molar-refractivity contribution is -0.117. The Morgan fingerprint density at radius 1 is 1.10 bits per heavy atom. The van der Waals surface area contributed by atoms with Crippen LogP contribution in [0.15, 0.2) is 60.9 Å². The molecule has 0 bridgehead atoms. The van der Waals surface area contributed by atoms with E-state index in [0.717, 1.165) is 16.3 Å². The summed E-state index contributed by atoms with van der Waals surface area (Å²) < 4.78 is 5.28. The predicted molar refractivity (Wildman–Crippen MR) is 113 cm³/mol. The zero-order valence-corrected chi connectivity index (χ0v) is 16.7. The predicted octanol–water partition coefficient (Wildman–Crippen LogP) is 4.28. The molecule has 2 aromatic carbocycles. The van der Waals surface area contributed by atoms with Crippen molar-refractivity contribution in [3.8, 4) is 0 Å². The Hall–Kier alpha value is -3.41. The van der Waals surface area contributed by atoms with Crippen LogP contribution in [0, 0.1) is 6.07 Å². The van der Waals surface area contributed by atoms with Crippen LogP contribution < -0.4 is 10.6 Å². The number of fused-ring (bicyclic) bond motifs is 1. The molecule has 1 radical (unpaired) electrons. The van der Waals surface area contributed by atoms with Crippen molar-refractivity contribution in [2.75, 3.05) is 11.9 Å². The van der Waals surface area contributed by atoms with Crippen LogP contribution in [-0.4, -0.2) is 29.1 Å². The molecule has 2 N–H and O–H groups in total. The molecule has 2 amide bonds. The molecule has 3 aromatic rings. The molecule has 6 nitrogen and oxygen atoms in total. The summed E-state index contributed by atoms with van der Waals surface area (Å²) in [5, 5.41) is 7.61. The highest BCUT2D eigenvalue weighted by Crippen LogP contribution is 2.21. The van der Waals surface area contributed by atoms with E-state index in [9.17, 15) is 9.59 Å². The highest BCUT2D eigenvalue weighted by Gasteiger charge is 2.23. The maximum atomic E-state index is 13.0. The van der Waals surface area contributed by atoms with Crippen LogP contribution in [0.2, 0.25) is 0 Å². The van der Waals surface area contributed by atoms with Gasteiger partial charge in [0.1, 0.15) is 5.60 Å². The number of alkyl carbamates (subject to hydrolysis) is 1. The molecule has 1 atom stereocenters. The Labute approximate surface area is 170 Å². The summed E-state index contributed by atoms with van der Waals surface area (Å²) in [4.78, 5) is 29.2. The van der Waals surface area contributed by atoms with Gasteiger partial charge in [0.25, 0.3) is 0 Å². The maximum absolute atomic E-state index is 13.0. The summed E-state index contributed by atoms with van der Waals surface area (Å²) in [5.74, 6) is -0.800. The number of pyridine rings is 1. The standard InChI is InChI=1S/C23H24N3O3/c1-23(2,3)29-22(28)25-15-20(16-7-5-4-6-8-16)21(27)26-19-10-9-18-14-24-12-11-17(18)13-19/h5-14,20H,15H2,1-3H3,(H,25,28)(H,26,27)/t20-/m1/s1. The van der Waals surface area contributed by atoms with E-state index >= 15 is 0 Å². The lowest BCUT2D eigenvalue weighted by Gasteiger charge is -2.22. The topological polar surface area (TPSA) is 80.3 Å². The molecule has 1 aromatic heterocycles. The Bertz CT molecular complexity index is 997. The molecule has 0 aliphatic rings. The molecule has 1 heterocycles. The van der Waals surface area contributed by atoms with E-state index in [-0.39, 0.29) is 12.5 Å². The highest BCUT2D eigenvalue weighted by molar-refractivity contribution is 5.98. The van der Waals surface area contributed by atoms with Crippen molar-refractivity contribution in [3.63, 3.8) is 0 Å². The van der Waals surface area contributed by atoms with E-state index in [0.29, 0.717) is 5.69 Å². The van der Waals surface area contributed by atoms with E-state index in [2.05, 4.69) is 21.7 Å². The molecular formula is C23H24N3O3. The van der Waals surface area contributed by atoms with Gasteiger partial charge in [-0.2, -0.15) is 0 Å². The van der Waals surface area contributed by atoms with Crippen molar-refractivity contribution < 1.29 is 14.3 Å². The average molecular weight is 390 g/mol. The van der Waals surface area contributed by atoms with Crippen molar-refractivity contribution in [1.82, 2.24) is 10.3 Å². The average Bonchev–Trinajstić information content (AvgIpc) is 2.67. The van der Waals surface area contributed by atoms with Crippen molar-refractivity contribution in [2.45, 2.75) is 32.3 Å². The Morgan fingerprint density at radius 2 is 1.86 bits per heavy atom. The molecule has 0 unspecified atom stereocenters. The maximum Gasteiger partial charge on any atom is 0.407 e. The van der Waals surface area contributed by atoms with Crippen LogP contribution in [0.25, 0.3) is 10.8 Å². The summed E-state index contributed by atoms with van der Waals surface area (Å²) in [6.45, 7) is 5.49. The van der Waals surface area contributed by atoms with Crippen LogP contribution >= 0.6 is 0 Å². The first kappa shape index (κ1) is 20.3. The van der Waals surface area contributed by atoms with E-state index in [4.69, 9.17) is 4.74 Å². The summed E-state index contributed by atoms with van der Waals surface area (Å²) >= 11 is 0. The van der Waals surface area contributed by atoms with Crippen molar-refractivity contribution >= 4 is 28.5 Å².